The molecule has 0 spiro atoms. The van der Waals surface area contributed by atoms with E-state index >= 15 is 0 Å². The summed E-state index contributed by atoms with van der Waals surface area (Å²) in [6, 6.07) is 6.82. The minimum atomic E-state index is -0.881. The van der Waals surface area contributed by atoms with Crippen molar-refractivity contribution in [2.75, 3.05) is 40.0 Å². The molecular formula is C30H54Cl2N4O5. The Morgan fingerprint density at radius 2 is 1.78 bits per heavy atom. The SMILES string of the molecule is COCCCCOc1ccccc1C(=O)NC[C@@H](C[C@H](N)[C@@H](O)CNC(=O)C(C)(C)[C@H]1CCCCN1)C(C)C.Cl.Cl. The molecule has 4 atom stereocenters. The molecule has 1 aliphatic rings. The molecule has 6 N–H and O–H groups in total. The Labute approximate surface area is 259 Å². The van der Waals surface area contributed by atoms with Gasteiger partial charge in [0.2, 0.25) is 5.91 Å². The lowest BCUT2D eigenvalue weighted by molar-refractivity contribution is -0.131. The maximum Gasteiger partial charge on any atom is 0.255 e. The third-order valence-corrected chi connectivity index (χ3v) is 7.91. The molecule has 1 fully saturated rings. The molecule has 1 heterocycles. The fourth-order valence-corrected chi connectivity index (χ4v) is 4.93. The normalized spacial score (nSPS) is 17.4. The number of halogens is 2. The first-order chi connectivity index (χ1) is 18.6. The lowest BCUT2D eigenvalue weighted by atomic mass is 9.79. The van der Waals surface area contributed by atoms with E-state index in [2.05, 4.69) is 29.8 Å². The highest BCUT2D eigenvalue weighted by Gasteiger charge is 2.37. The van der Waals surface area contributed by atoms with Gasteiger partial charge in [0.05, 0.1) is 23.7 Å². The molecule has 0 aliphatic carbocycles. The van der Waals surface area contributed by atoms with Crippen LogP contribution in [-0.4, -0.2) is 75.1 Å². The highest BCUT2D eigenvalue weighted by molar-refractivity contribution is 5.96. The molecule has 0 radical (unpaired) electrons. The van der Waals surface area contributed by atoms with Crippen LogP contribution in [-0.2, 0) is 9.53 Å². The summed E-state index contributed by atoms with van der Waals surface area (Å²) in [5, 5.41) is 20.1. The van der Waals surface area contributed by atoms with Gasteiger partial charge in [-0.25, -0.2) is 0 Å². The summed E-state index contributed by atoms with van der Waals surface area (Å²) in [4.78, 5) is 25.9. The topological polar surface area (TPSA) is 135 Å². The Kier molecular flexibility index (Phi) is 19.5. The molecule has 1 saturated heterocycles. The average Bonchev–Trinajstić information content (AvgIpc) is 2.93. The van der Waals surface area contributed by atoms with Crippen molar-refractivity contribution in [3.63, 3.8) is 0 Å². The van der Waals surface area contributed by atoms with E-state index in [1.165, 1.54) is 0 Å². The predicted octanol–water partition coefficient (Wildman–Crippen LogP) is 3.70. The summed E-state index contributed by atoms with van der Waals surface area (Å²) in [6.45, 7) is 10.7. The summed E-state index contributed by atoms with van der Waals surface area (Å²) in [5.74, 6) is 0.567. The van der Waals surface area contributed by atoms with E-state index in [9.17, 15) is 14.7 Å². The standard InChI is InChI=1S/C30H52N4O5.2ClH/c1-21(2)22(19-33-28(36)23-12-6-7-13-26(23)39-17-11-10-16-38-5)18-24(31)25(35)20-34-29(37)30(3,4)27-14-8-9-15-32-27;;/h6-7,12-13,21-22,24-25,27,32,35H,8-11,14-20,31H2,1-5H3,(H,33,36)(H,34,37);2*1H/t22-,24+,25+,27-;;/m1../s1. The maximum atomic E-state index is 13.0. The number of para-hydroxylation sites is 1. The van der Waals surface area contributed by atoms with Crippen LogP contribution in [0, 0.1) is 17.3 Å². The Morgan fingerprint density at radius 1 is 1.10 bits per heavy atom. The number of hydrogen-bond donors (Lipinski definition) is 5. The highest BCUT2D eigenvalue weighted by atomic mass is 35.5. The van der Waals surface area contributed by atoms with Crippen molar-refractivity contribution in [3.8, 4) is 5.75 Å². The van der Waals surface area contributed by atoms with Gasteiger partial charge in [0.1, 0.15) is 5.75 Å². The van der Waals surface area contributed by atoms with E-state index in [-0.39, 0.29) is 61.1 Å². The Hall–Kier alpha value is -1.62. The fraction of sp³-hybridized carbons (Fsp3) is 0.733. The van der Waals surface area contributed by atoms with Gasteiger partial charge in [-0.2, -0.15) is 0 Å². The number of carbonyl (C=O) groups excluding carboxylic acids is 2. The van der Waals surface area contributed by atoms with Crippen LogP contribution in [0.4, 0.5) is 0 Å². The summed E-state index contributed by atoms with van der Waals surface area (Å²) < 4.78 is 10.9. The number of benzene rings is 1. The molecule has 0 unspecified atom stereocenters. The number of rotatable bonds is 17. The lowest BCUT2D eigenvalue weighted by Crippen LogP contribution is -2.54. The molecule has 0 bridgehead atoms. The van der Waals surface area contributed by atoms with Crippen LogP contribution in [0.1, 0.15) is 76.6 Å². The molecule has 9 nitrogen and oxygen atoms in total. The molecule has 11 heteroatoms. The van der Waals surface area contributed by atoms with Crippen LogP contribution in [0.3, 0.4) is 0 Å². The first kappa shape index (κ1) is 39.4. The number of nitrogens with two attached hydrogens (primary N) is 1. The first-order valence-corrected chi connectivity index (χ1v) is 14.5. The third-order valence-electron chi connectivity index (χ3n) is 7.91. The van der Waals surface area contributed by atoms with Crippen molar-refractivity contribution in [3.05, 3.63) is 29.8 Å². The number of aliphatic hydroxyl groups is 1. The van der Waals surface area contributed by atoms with E-state index < -0.39 is 17.6 Å². The molecule has 2 rings (SSSR count). The highest BCUT2D eigenvalue weighted by Crippen LogP contribution is 2.27. The Bertz CT molecular complexity index is 884. The van der Waals surface area contributed by atoms with Gasteiger partial charge in [-0.05, 0) is 76.5 Å². The van der Waals surface area contributed by atoms with Gasteiger partial charge in [0, 0.05) is 38.9 Å². The second kappa shape index (κ2) is 20.3. The van der Waals surface area contributed by atoms with Crippen molar-refractivity contribution >= 4 is 36.6 Å². The van der Waals surface area contributed by atoms with Crippen molar-refractivity contribution in [2.45, 2.75) is 84.4 Å². The molecule has 2 amide bonds. The minimum Gasteiger partial charge on any atom is -0.493 e. The van der Waals surface area contributed by atoms with Gasteiger partial charge in [-0.1, -0.05) is 32.4 Å². The zero-order valence-corrected chi connectivity index (χ0v) is 27.1. The number of ether oxygens (including phenoxy) is 2. The van der Waals surface area contributed by atoms with Crippen LogP contribution in [0.2, 0.25) is 0 Å². The van der Waals surface area contributed by atoms with Gasteiger partial charge in [-0.15, -0.1) is 24.8 Å². The summed E-state index contributed by atoms with van der Waals surface area (Å²) in [6.07, 6.45) is 4.58. The number of nitrogens with one attached hydrogen (secondary N) is 3. The second-order valence-electron chi connectivity index (χ2n) is 11.7. The monoisotopic (exact) mass is 620 g/mol. The minimum absolute atomic E-state index is 0. The van der Waals surface area contributed by atoms with Crippen molar-refractivity contribution in [1.82, 2.24) is 16.0 Å². The van der Waals surface area contributed by atoms with E-state index in [0.717, 1.165) is 38.6 Å². The fourth-order valence-electron chi connectivity index (χ4n) is 4.93. The van der Waals surface area contributed by atoms with Crippen LogP contribution in [0.15, 0.2) is 24.3 Å². The Morgan fingerprint density at radius 3 is 2.41 bits per heavy atom. The number of hydrogen-bond acceptors (Lipinski definition) is 7. The summed E-state index contributed by atoms with van der Waals surface area (Å²) in [5.41, 5.74) is 6.29. The number of amides is 2. The van der Waals surface area contributed by atoms with E-state index in [4.69, 9.17) is 15.2 Å². The number of methoxy groups -OCH3 is 1. The number of carbonyl (C=O) groups is 2. The number of piperidine rings is 1. The number of aliphatic hydroxyl groups excluding tert-OH is 1. The smallest absolute Gasteiger partial charge is 0.255 e. The zero-order valence-electron chi connectivity index (χ0n) is 25.4. The molecule has 0 aromatic heterocycles. The third kappa shape index (κ3) is 13.1. The van der Waals surface area contributed by atoms with Crippen LogP contribution >= 0.6 is 24.8 Å². The molecule has 0 saturated carbocycles. The second-order valence-corrected chi connectivity index (χ2v) is 11.7. The molecule has 1 aromatic carbocycles. The van der Waals surface area contributed by atoms with Crippen LogP contribution in [0.5, 0.6) is 5.75 Å². The quantitative estimate of drug-likeness (QED) is 0.168. The molecule has 1 aliphatic heterocycles. The molecular weight excluding hydrogens is 567 g/mol. The molecule has 1 aromatic rings. The van der Waals surface area contributed by atoms with Crippen molar-refractivity contribution in [1.29, 1.82) is 0 Å². The maximum absolute atomic E-state index is 13.0. The predicted molar refractivity (Wildman–Crippen MR) is 169 cm³/mol. The summed E-state index contributed by atoms with van der Waals surface area (Å²) in [7, 11) is 1.67. The van der Waals surface area contributed by atoms with Crippen molar-refractivity contribution < 1.29 is 24.2 Å². The first-order valence-electron chi connectivity index (χ1n) is 14.5. The van der Waals surface area contributed by atoms with Gasteiger partial charge in [0.15, 0.2) is 0 Å². The summed E-state index contributed by atoms with van der Waals surface area (Å²) >= 11 is 0. The van der Waals surface area contributed by atoms with Gasteiger partial charge in [0.25, 0.3) is 5.91 Å². The number of unbranched alkanes of at least 4 members (excludes halogenated alkanes) is 1. The average molecular weight is 622 g/mol. The van der Waals surface area contributed by atoms with Crippen LogP contribution in [0.25, 0.3) is 0 Å². The largest absolute Gasteiger partial charge is 0.493 e. The van der Waals surface area contributed by atoms with Crippen LogP contribution < -0.4 is 26.4 Å². The molecule has 41 heavy (non-hydrogen) atoms. The zero-order chi connectivity index (χ0) is 28.8. The van der Waals surface area contributed by atoms with E-state index in [1.807, 2.05) is 26.0 Å². The van der Waals surface area contributed by atoms with Crippen molar-refractivity contribution in [2.24, 2.45) is 23.0 Å². The van der Waals surface area contributed by atoms with Gasteiger partial charge in [-0.3, -0.25) is 9.59 Å². The lowest BCUT2D eigenvalue weighted by Gasteiger charge is -2.37. The van der Waals surface area contributed by atoms with Gasteiger partial charge < -0.3 is 36.3 Å². The van der Waals surface area contributed by atoms with Gasteiger partial charge >= 0.3 is 0 Å². The molecule has 238 valence electrons. The van der Waals surface area contributed by atoms with E-state index in [1.54, 1.807) is 19.2 Å². The van der Waals surface area contributed by atoms with E-state index in [0.29, 0.717) is 37.5 Å². The Balaban J connectivity index is 0.00000800.